The number of nitrogens with two attached hydrogens (primary N) is 1. The van der Waals surface area contributed by atoms with E-state index < -0.39 is 0 Å². The quantitative estimate of drug-likeness (QED) is 0.614. The third-order valence-corrected chi connectivity index (χ3v) is 4.17. The minimum Gasteiger partial charge on any atom is -0.380 e. The van der Waals surface area contributed by atoms with Crippen LogP contribution in [-0.2, 0) is 9.53 Å². The Morgan fingerprint density at radius 1 is 1.43 bits per heavy atom. The Kier molecular flexibility index (Phi) is 8.84. The lowest BCUT2D eigenvalue weighted by molar-refractivity contribution is -0.123. The summed E-state index contributed by atoms with van der Waals surface area (Å²) in [4.78, 5) is 16.5. The Bertz CT molecular complexity index is 287. The zero-order chi connectivity index (χ0) is 15.7. The highest BCUT2D eigenvalue weighted by atomic mass is 16.5. The molecule has 1 rings (SSSR count). The van der Waals surface area contributed by atoms with E-state index in [9.17, 15) is 4.79 Å². The van der Waals surface area contributed by atoms with Crippen LogP contribution < -0.4 is 11.1 Å². The summed E-state index contributed by atoms with van der Waals surface area (Å²) in [6.07, 6.45) is 2.52. The van der Waals surface area contributed by atoms with E-state index in [2.05, 4.69) is 29.2 Å². The summed E-state index contributed by atoms with van der Waals surface area (Å²) in [5.41, 5.74) is 5.52. The predicted molar refractivity (Wildman–Crippen MR) is 85.2 cm³/mol. The molecule has 0 aromatic heterocycles. The fourth-order valence-electron chi connectivity index (χ4n) is 2.56. The van der Waals surface area contributed by atoms with Crippen LogP contribution in [0.1, 0.15) is 19.3 Å². The van der Waals surface area contributed by atoms with Crippen molar-refractivity contribution in [1.82, 2.24) is 15.1 Å². The standard InChI is InChI=1S/C15H32N4O2/c1-18(2)8-9-19-6-4-13(5-7-19)12-17-15(20)10-14(11-16)21-3/h13-14H,4-12,16H2,1-3H3,(H,17,20). The van der Waals surface area contributed by atoms with Gasteiger partial charge in [0.1, 0.15) is 0 Å². The topological polar surface area (TPSA) is 70.8 Å². The second kappa shape index (κ2) is 10.1. The number of hydrogen-bond donors (Lipinski definition) is 2. The van der Waals surface area contributed by atoms with E-state index in [4.69, 9.17) is 10.5 Å². The van der Waals surface area contributed by atoms with Gasteiger partial charge in [0.05, 0.1) is 12.5 Å². The van der Waals surface area contributed by atoms with E-state index in [1.54, 1.807) is 7.11 Å². The number of nitrogens with one attached hydrogen (secondary N) is 1. The third kappa shape index (κ3) is 7.76. The summed E-state index contributed by atoms with van der Waals surface area (Å²) in [5, 5.41) is 3.02. The van der Waals surface area contributed by atoms with Crippen molar-refractivity contribution in [3.05, 3.63) is 0 Å². The summed E-state index contributed by atoms with van der Waals surface area (Å²) in [6.45, 7) is 5.68. The lowest BCUT2D eigenvalue weighted by Crippen LogP contribution is -2.41. The maximum absolute atomic E-state index is 11.8. The Morgan fingerprint density at radius 3 is 2.62 bits per heavy atom. The average molecular weight is 300 g/mol. The molecule has 0 spiro atoms. The largest absolute Gasteiger partial charge is 0.380 e. The lowest BCUT2D eigenvalue weighted by Gasteiger charge is -2.32. The van der Waals surface area contributed by atoms with E-state index in [0.29, 0.717) is 18.9 Å². The highest BCUT2D eigenvalue weighted by Crippen LogP contribution is 2.16. The van der Waals surface area contributed by atoms with E-state index >= 15 is 0 Å². The average Bonchev–Trinajstić information content (AvgIpc) is 2.49. The zero-order valence-electron chi connectivity index (χ0n) is 13.8. The highest BCUT2D eigenvalue weighted by Gasteiger charge is 2.20. The maximum Gasteiger partial charge on any atom is 0.222 e. The molecule has 1 atom stereocenters. The van der Waals surface area contributed by atoms with Gasteiger partial charge < -0.3 is 25.6 Å². The summed E-state index contributed by atoms with van der Waals surface area (Å²) < 4.78 is 5.13. The van der Waals surface area contributed by atoms with E-state index in [0.717, 1.165) is 45.6 Å². The van der Waals surface area contributed by atoms with Gasteiger partial charge in [-0.1, -0.05) is 0 Å². The molecule has 1 amide bonds. The Balaban J connectivity index is 2.13. The smallest absolute Gasteiger partial charge is 0.222 e. The molecule has 3 N–H and O–H groups in total. The minimum absolute atomic E-state index is 0.0438. The molecule has 1 saturated heterocycles. The number of methoxy groups -OCH3 is 1. The first-order valence-corrected chi connectivity index (χ1v) is 7.91. The number of carbonyl (C=O) groups excluding carboxylic acids is 1. The number of ether oxygens (including phenoxy) is 1. The molecule has 0 saturated carbocycles. The fourth-order valence-corrected chi connectivity index (χ4v) is 2.56. The first-order valence-electron chi connectivity index (χ1n) is 7.91. The number of likely N-dealkylation sites (N-methyl/N-ethyl adjacent to an activating group) is 1. The molecule has 0 aromatic rings. The van der Waals surface area contributed by atoms with Gasteiger partial charge in [0.15, 0.2) is 0 Å². The summed E-state index contributed by atoms with van der Waals surface area (Å²) >= 11 is 0. The number of rotatable bonds is 9. The van der Waals surface area contributed by atoms with Gasteiger partial charge in [-0.25, -0.2) is 0 Å². The second-order valence-corrected chi connectivity index (χ2v) is 6.19. The van der Waals surface area contributed by atoms with Crippen molar-refractivity contribution >= 4 is 5.91 Å². The van der Waals surface area contributed by atoms with Crippen LogP contribution in [-0.4, -0.2) is 82.3 Å². The number of hydrogen-bond acceptors (Lipinski definition) is 5. The van der Waals surface area contributed by atoms with Gasteiger partial charge in [-0.3, -0.25) is 4.79 Å². The van der Waals surface area contributed by atoms with Crippen LogP contribution in [0.2, 0.25) is 0 Å². The third-order valence-electron chi connectivity index (χ3n) is 4.17. The minimum atomic E-state index is -0.169. The van der Waals surface area contributed by atoms with Crippen molar-refractivity contribution in [3.8, 4) is 0 Å². The molecule has 1 aliphatic rings. The van der Waals surface area contributed by atoms with Crippen LogP contribution in [0.15, 0.2) is 0 Å². The Hall–Kier alpha value is -0.690. The predicted octanol–water partition coefficient (Wildman–Crippen LogP) is -0.260. The van der Waals surface area contributed by atoms with Crippen LogP contribution in [0.4, 0.5) is 0 Å². The summed E-state index contributed by atoms with van der Waals surface area (Å²) in [6, 6.07) is 0. The van der Waals surface area contributed by atoms with Crippen molar-refractivity contribution < 1.29 is 9.53 Å². The molecule has 124 valence electrons. The Labute approximate surface area is 129 Å². The first kappa shape index (κ1) is 18.4. The van der Waals surface area contributed by atoms with E-state index in [-0.39, 0.29) is 12.0 Å². The molecule has 1 aliphatic heterocycles. The lowest BCUT2D eigenvalue weighted by atomic mass is 9.96. The number of amides is 1. The molecule has 0 aliphatic carbocycles. The molecule has 6 heteroatoms. The van der Waals surface area contributed by atoms with Crippen LogP contribution >= 0.6 is 0 Å². The number of nitrogens with zero attached hydrogens (tertiary/aromatic N) is 2. The highest BCUT2D eigenvalue weighted by molar-refractivity contribution is 5.76. The van der Waals surface area contributed by atoms with Gasteiger partial charge in [-0.05, 0) is 45.9 Å². The zero-order valence-corrected chi connectivity index (χ0v) is 13.8. The van der Waals surface area contributed by atoms with Crippen molar-refractivity contribution in [3.63, 3.8) is 0 Å². The SMILES string of the molecule is COC(CN)CC(=O)NCC1CCN(CCN(C)C)CC1. The molecule has 1 heterocycles. The van der Waals surface area contributed by atoms with Gasteiger partial charge in [0.2, 0.25) is 5.91 Å². The van der Waals surface area contributed by atoms with Crippen LogP contribution in [0, 0.1) is 5.92 Å². The van der Waals surface area contributed by atoms with E-state index in [1.165, 1.54) is 0 Å². The Morgan fingerprint density at radius 2 is 2.10 bits per heavy atom. The molecule has 0 aromatic carbocycles. The molecule has 1 unspecified atom stereocenters. The van der Waals surface area contributed by atoms with Crippen molar-refractivity contribution in [2.75, 3.05) is 60.5 Å². The van der Waals surface area contributed by atoms with Crippen LogP contribution in [0.25, 0.3) is 0 Å². The molecule has 0 bridgehead atoms. The monoisotopic (exact) mass is 300 g/mol. The summed E-state index contributed by atoms with van der Waals surface area (Å²) in [5.74, 6) is 0.644. The molecule has 21 heavy (non-hydrogen) atoms. The van der Waals surface area contributed by atoms with E-state index in [1.807, 2.05) is 0 Å². The van der Waals surface area contributed by atoms with Gasteiger partial charge >= 0.3 is 0 Å². The molecule has 0 radical (unpaired) electrons. The van der Waals surface area contributed by atoms with Crippen LogP contribution in [0.5, 0.6) is 0 Å². The first-order chi connectivity index (χ1) is 10.0. The van der Waals surface area contributed by atoms with Gasteiger partial charge in [-0.15, -0.1) is 0 Å². The number of piperidine rings is 1. The van der Waals surface area contributed by atoms with Crippen molar-refractivity contribution in [1.29, 1.82) is 0 Å². The van der Waals surface area contributed by atoms with Crippen molar-refractivity contribution in [2.24, 2.45) is 11.7 Å². The van der Waals surface area contributed by atoms with Crippen LogP contribution in [0.3, 0.4) is 0 Å². The molecule has 1 fully saturated rings. The molecular weight excluding hydrogens is 268 g/mol. The molecular formula is C15H32N4O2. The second-order valence-electron chi connectivity index (χ2n) is 6.19. The number of carbonyl (C=O) groups is 1. The van der Waals surface area contributed by atoms with Gasteiger partial charge in [0.25, 0.3) is 0 Å². The normalized spacial score (nSPS) is 18.9. The fraction of sp³-hybridized carbons (Fsp3) is 0.933. The number of likely N-dealkylation sites (tertiary alicyclic amines) is 1. The maximum atomic E-state index is 11.8. The molecule has 6 nitrogen and oxygen atoms in total. The van der Waals surface area contributed by atoms with Crippen molar-refractivity contribution in [2.45, 2.75) is 25.4 Å². The van der Waals surface area contributed by atoms with Gasteiger partial charge in [-0.2, -0.15) is 0 Å². The van der Waals surface area contributed by atoms with Gasteiger partial charge in [0, 0.05) is 33.3 Å². The summed E-state index contributed by atoms with van der Waals surface area (Å²) in [7, 11) is 5.81.